The Labute approximate surface area is 150 Å². The fourth-order valence-corrected chi connectivity index (χ4v) is 2.65. The average Bonchev–Trinajstić information content (AvgIpc) is 3.00. The molecule has 7 heteroatoms. The third kappa shape index (κ3) is 3.34. The van der Waals surface area contributed by atoms with Crippen molar-refractivity contribution in [2.24, 2.45) is 0 Å². The third-order valence-electron chi connectivity index (χ3n) is 3.89. The zero-order chi connectivity index (χ0) is 18.0. The molecule has 0 atom stereocenters. The van der Waals surface area contributed by atoms with Crippen molar-refractivity contribution in [2.45, 2.75) is 13.8 Å². The van der Waals surface area contributed by atoms with E-state index < -0.39 is 0 Å². The minimum Gasteiger partial charge on any atom is -0.495 e. The number of benzene rings is 1. The van der Waals surface area contributed by atoms with Gasteiger partial charge in [-0.05, 0) is 37.6 Å². The molecule has 0 bridgehead atoms. The molecule has 2 heterocycles. The van der Waals surface area contributed by atoms with Crippen LogP contribution in [-0.2, 0) is 0 Å². The van der Waals surface area contributed by atoms with Crippen LogP contribution in [0.4, 0.5) is 5.69 Å². The standard InChI is InChI=1S/C18H17ClN4O2/c1-11-8-16(17(25-3)9-15(11)19)22-18(24)14-10-21-23(12(14)2)13-4-6-20-7-5-13/h4-10H,1-3H3,(H,22,24). The first kappa shape index (κ1) is 17.0. The number of ether oxygens (including phenoxy) is 1. The molecular formula is C18H17ClN4O2. The Kier molecular flexibility index (Phi) is 4.72. The van der Waals surface area contributed by atoms with Crippen molar-refractivity contribution < 1.29 is 9.53 Å². The molecule has 6 nitrogen and oxygen atoms in total. The Balaban J connectivity index is 1.91. The van der Waals surface area contributed by atoms with E-state index in [1.54, 1.807) is 35.4 Å². The van der Waals surface area contributed by atoms with Gasteiger partial charge >= 0.3 is 0 Å². The number of amides is 1. The van der Waals surface area contributed by atoms with Crippen LogP contribution in [0.25, 0.3) is 5.69 Å². The Bertz CT molecular complexity index is 922. The highest BCUT2D eigenvalue weighted by Gasteiger charge is 2.17. The SMILES string of the molecule is COc1cc(Cl)c(C)cc1NC(=O)c1cnn(-c2ccncc2)c1C. The van der Waals surface area contributed by atoms with Crippen molar-refractivity contribution in [3.8, 4) is 11.4 Å². The maximum Gasteiger partial charge on any atom is 0.259 e. The van der Waals surface area contributed by atoms with Gasteiger partial charge in [-0.25, -0.2) is 4.68 Å². The molecule has 1 amide bonds. The lowest BCUT2D eigenvalue weighted by molar-refractivity contribution is 0.102. The summed E-state index contributed by atoms with van der Waals surface area (Å²) in [6.45, 7) is 3.71. The number of nitrogens with one attached hydrogen (secondary N) is 1. The number of anilines is 1. The predicted octanol–water partition coefficient (Wildman–Crippen LogP) is 3.80. The fourth-order valence-electron chi connectivity index (χ4n) is 2.50. The minimum atomic E-state index is -0.266. The van der Waals surface area contributed by atoms with Crippen LogP contribution >= 0.6 is 11.6 Å². The maximum absolute atomic E-state index is 12.7. The van der Waals surface area contributed by atoms with Gasteiger partial charge < -0.3 is 10.1 Å². The van der Waals surface area contributed by atoms with Crippen molar-refractivity contribution in [1.82, 2.24) is 14.8 Å². The molecule has 0 aliphatic heterocycles. The number of hydrogen-bond donors (Lipinski definition) is 1. The zero-order valence-corrected chi connectivity index (χ0v) is 14.8. The molecule has 1 N–H and O–H groups in total. The first-order chi connectivity index (χ1) is 12.0. The largest absolute Gasteiger partial charge is 0.495 e. The summed E-state index contributed by atoms with van der Waals surface area (Å²) in [6, 6.07) is 7.11. The molecular weight excluding hydrogens is 340 g/mol. The van der Waals surface area contributed by atoms with E-state index in [2.05, 4.69) is 15.4 Å². The molecule has 0 saturated heterocycles. The third-order valence-corrected chi connectivity index (χ3v) is 4.30. The molecule has 0 spiro atoms. The van der Waals surface area contributed by atoms with Crippen LogP contribution in [0.1, 0.15) is 21.6 Å². The van der Waals surface area contributed by atoms with Crippen LogP contribution in [0.2, 0.25) is 5.02 Å². The smallest absolute Gasteiger partial charge is 0.259 e. The Morgan fingerprint density at radius 3 is 2.64 bits per heavy atom. The number of carbonyl (C=O) groups is 1. The summed E-state index contributed by atoms with van der Waals surface area (Å²) in [5.74, 6) is 0.237. The van der Waals surface area contributed by atoms with Crippen LogP contribution in [-0.4, -0.2) is 27.8 Å². The summed E-state index contributed by atoms with van der Waals surface area (Å²) in [5.41, 5.74) is 3.46. The molecule has 0 fully saturated rings. The number of methoxy groups -OCH3 is 1. The maximum atomic E-state index is 12.7. The number of nitrogens with zero attached hydrogens (tertiary/aromatic N) is 3. The first-order valence-electron chi connectivity index (χ1n) is 7.61. The minimum absolute atomic E-state index is 0.266. The van der Waals surface area contributed by atoms with E-state index in [9.17, 15) is 4.79 Å². The average molecular weight is 357 g/mol. The van der Waals surface area contributed by atoms with Crippen LogP contribution in [0.3, 0.4) is 0 Å². The number of carbonyl (C=O) groups excluding carboxylic acids is 1. The van der Waals surface area contributed by atoms with Gasteiger partial charge in [0.2, 0.25) is 0 Å². The molecule has 1 aromatic carbocycles. The summed E-state index contributed by atoms with van der Waals surface area (Å²) >= 11 is 6.10. The summed E-state index contributed by atoms with van der Waals surface area (Å²) in [7, 11) is 1.53. The van der Waals surface area contributed by atoms with Gasteiger partial charge in [-0.15, -0.1) is 0 Å². The van der Waals surface area contributed by atoms with Gasteiger partial charge in [-0.3, -0.25) is 9.78 Å². The van der Waals surface area contributed by atoms with E-state index in [4.69, 9.17) is 16.3 Å². The topological polar surface area (TPSA) is 69.0 Å². The van der Waals surface area contributed by atoms with Gasteiger partial charge in [0, 0.05) is 23.5 Å². The molecule has 0 unspecified atom stereocenters. The summed E-state index contributed by atoms with van der Waals surface area (Å²) in [6.07, 6.45) is 4.90. The van der Waals surface area contributed by atoms with Crippen molar-refractivity contribution >= 4 is 23.2 Å². The molecule has 128 valence electrons. The van der Waals surface area contributed by atoms with E-state index in [0.29, 0.717) is 22.0 Å². The highest BCUT2D eigenvalue weighted by Crippen LogP contribution is 2.31. The molecule has 2 aromatic heterocycles. The Morgan fingerprint density at radius 2 is 1.96 bits per heavy atom. The molecule has 3 aromatic rings. The van der Waals surface area contributed by atoms with Gasteiger partial charge in [0.15, 0.2) is 0 Å². The van der Waals surface area contributed by atoms with E-state index in [0.717, 1.165) is 16.9 Å². The number of halogens is 1. The molecule has 0 radical (unpaired) electrons. The quantitative estimate of drug-likeness (QED) is 0.772. The fraction of sp³-hybridized carbons (Fsp3) is 0.167. The Hall–Kier alpha value is -2.86. The van der Waals surface area contributed by atoms with Crippen molar-refractivity contribution in [1.29, 1.82) is 0 Å². The molecule has 0 aliphatic carbocycles. The first-order valence-corrected chi connectivity index (χ1v) is 7.99. The second kappa shape index (κ2) is 6.94. The van der Waals surface area contributed by atoms with Gasteiger partial charge in [0.1, 0.15) is 5.75 Å². The van der Waals surface area contributed by atoms with Gasteiger partial charge in [-0.1, -0.05) is 11.6 Å². The molecule has 0 saturated carbocycles. The van der Waals surface area contributed by atoms with Crippen LogP contribution in [0.15, 0.2) is 42.9 Å². The summed E-state index contributed by atoms with van der Waals surface area (Å²) < 4.78 is 6.99. The van der Waals surface area contributed by atoms with E-state index in [1.165, 1.54) is 7.11 Å². The van der Waals surface area contributed by atoms with Crippen LogP contribution < -0.4 is 10.1 Å². The van der Waals surface area contributed by atoms with Gasteiger partial charge in [0.25, 0.3) is 5.91 Å². The van der Waals surface area contributed by atoms with Crippen molar-refractivity contribution in [2.75, 3.05) is 12.4 Å². The van der Waals surface area contributed by atoms with Crippen LogP contribution in [0, 0.1) is 13.8 Å². The Morgan fingerprint density at radius 1 is 1.24 bits per heavy atom. The summed E-state index contributed by atoms with van der Waals surface area (Å²) in [4.78, 5) is 16.7. The van der Waals surface area contributed by atoms with E-state index >= 15 is 0 Å². The lowest BCUT2D eigenvalue weighted by Crippen LogP contribution is -2.14. The number of aryl methyl sites for hydroxylation is 1. The normalized spacial score (nSPS) is 10.6. The highest BCUT2D eigenvalue weighted by atomic mass is 35.5. The number of pyridine rings is 1. The monoisotopic (exact) mass is 356 g/mol. The molecule has 0 aliphatic rings. The molecule has 3 rings (SSSR count). The zero-order valence-electron chi connectivity index (χ0n) is 14.1. The van der Waals surface area contributed by atoms with Gasteiger partial charge in [0.05, 0.1) is 35.9 Å². The van der Waals surface area contributed by atoms with Gasteiger partial charge in [-0.2, -0.15) is 5.10 Å². The van der Waals surface area contributed by atoms with Crippen molar-refractivity contribution in [3.05, 3.63) is 64.7 Å². The second-order valence-corrected chi connectivity index (χ2v) is 5.92. The lowest BCUT2D eigenvalue weighted by atomic mass is 10.2. The van der Waals surface area contributed by atoms with Crippen molar-refractivity contribution in [3.63, 3.8) is 0 Å². The van der Waals surface area contributed by atoms with Crippen LogP contribution in [0.5, 0.6) is 5.75 Å². The predicted molar refractivity (Wildman–Crippen MR) is 96.8 cm³/mol. The second-order valence-electron chi connectivity index (χ2n) is 5.52. The molecule has 25 heavy (non-hydrogen) atoms. The lowest BCUT2D eigenvalue weighted by Gasteiger charge is -2.12. The number of hydrogen-bond acceptors (Lipinski definition) is 4. The number of aromatic nitrogens is 3. The highest BCUT2D eigenvalue weighted by molar-refractivity contribution is 6.31. The van der Waals surface area contributed by atoms with E-state index in [1.807, 2.05) is 26.0 Å². The number of rotatable bonds is 4. The summed E-state index contributed by atoms with van der Waals surface area (Å²) in [5, 5.41) is 7.74. The van der Waals surface area contributed by atoms with E-state index in [-0.39, 0.29) is 5.91 Å².